The first-order valence-corrected chi connectivity index (χ1v) is 9.75. The van der Waals surface area contributed by atoms with Crippen LogP contribution < -0.4 is 0 Å². The maximum Gasteiger partial charge on any atom is 0.0565 e. The molecule has 0 amide bonds. The second kappa shape index (κ2) is 6.90. The van der Waals surface area contributed by atoms with Gasteiger partial charge in [-0.25, -0.2) is 0 Å². The quantitative estimate of drug-likeness (QED) is 0.852. The highest BCUT2D eigenvalue weighted by atomic mass is 32.2. The Hall–Kier alpha value is -0.580. The average Bonchev–Trinajstić information content (AvgIpc) is 3.08. The molecule has 2 saturated heterocycles. The summed E-state index contributed by atoms with van der Waals surface area (Å²) in [6, 6.07) is 5.11. The van der Waals surface area contributed by atoms with E-state index in [9.17, 15) is 0 Å². The normalized spacial score (nSPS) is 32.8. The van der Waals surface area contributed by atoms with Crippen molar-refractivity contribution in [2.45, 2.75) is 55.1 Å². The first-order valence-electron chi connectivity index (χ1n) is 8.81. The Morgan fingerprint density at radius 3 is 3.18 bits per heavy atom. The first kappa shape index (κ1) is 15.0. The summed E-state index contributed by atoms with van der Waals surface area (Å²) in [5.74, 6) is 0. The van der Waals surface area contributed by atoms with Crippen LogP contribution in [0.1, 0.15) is 48.6 Å². The van der Waals surface area contributed by atoms with E-state index < -0.39 is 0 Å². The molecule has 0 N–H and O–H groups in total. The third-order valence-corrected chi connectivity index (χ3v) is 6.94. The zero-order valence-electron chi connectivity index (χ0n) is 13.2. The summed E-state index contributed by atoms with van der Waals surface area (Å²) in [6.45, 7) is 4.48. The van der Waals surface area contributed by atoms with Crippen LogP contribution in [0.15, 0.2) is 18.3 Å². The lowest BCUT2D eigenvalue weighted by Gasteiger charge is -2.26. The molecular weight excluding hydrogens is 292 g/mol. The van der Waals surface area contributed by atoms with Gasteiger partial charge in [0.25, 0.3) is 0 Å². The third kappa shape index (κ3) is 3.19. The van der Waals surface area contributed by atoms with Crippen LogP contribution >= 0.6 is 11.8 Å². The predicted octanol–water partition coefficient (Wildman–Crippen LogP) is 3.45. The molecule has 1 aliphatic carbocycles. The van der Waals surface area contributed by atoms with Gasteiger partial charge in [0.2, 0.25) is 0 Å². The van der Waals surface area contributed by atoms with Gasteiger partial charge in [0.05, 0.1) is 5.69 Å². The summed E-state index contributed by atoms with van der Waals surface area (Å²) < 4.78 is 5.62. The highest BCUT2D eigenvalue weighted by Gasteiger charge is 2.33. The topological polar surface area (TPSA) is 25.4 Å². The van der Waals surface area contributed by atoms with E-state index >= 15 is 0 Å². The highest BCUT2D eigenvalue weighted by molar-refractivity contribution is 8.00. The molecule has 3 aliphatic rings. The maximum absolute atomic E-state index is 5.62. The fourth-order valence-corrected chi connectivity index (χ4v) is 5.77. The molecule has 3 nitrogen and oxygen atoms in total. The van der Waals surface area contributed by atoms with Crippen LogP contribution in [0.2, 0.25) is 0 Å². The molecule has 120 valence electrons. The zero-order chi connectivity index (χ0) is 14.8. The van der Waals surface area contributed by atoms with Gasteiger partial charge in [0.15, 0.2) is 0 Å². The largest absolute Gasteiger partial charge is 0.381 e. The number of hydrogen-bond donors (Lipinski definition) is 0. The lowest BCUT2D eigenvalue weighted by molar-refractivity contribution is 0.134. The molecule has 2 aliphatic heterocycles. The third-order valence-electron chi connectivity index (χ3n) is 5.38. The number of aryl methyl sites for hydroxylation is 1. The molecule has 3 heterocycles. The van der Waals surface area contributed by atoms with Crippen LogP contribution in [0, 0.1) is 0 Å². The van der Waals surface area contributed by atoms with Crippen LogP contribution in [0.25, 0.3) is 0 Å². The number of hydrogen-bond acceptors (Lipinski definition) is 4. The molecule has 0 spiro atoms. The number of rotatable bonds is 3. The Labute approximate surface area is 137 Å². The lowest BCUT2D eigenvalue weighted by atomic mass is 10.1. The van der Waals surface area contributed by atoms with Crippen molar-refractivity contribution < 1.29 is 4.74 Å². The zero-order valence-corrected chi connectivity index (χ0v) is 14.1. The van der Waals surface area contributed by atoms with E-state index in [0.717, 1.165) is 24.5 Å². The van der Waals surface area contributed by atoms with Gasteiger partial charge >= 0.3 is 0 Å². The highest BCUT2D eigenvalue weighted by Crippen LogP contribution is 2.44. The monoisotopic (exact) mass is 318 g/mol. The van der Waals surface area contributed by atoms with E-state index in [1.807, 2.05) is 6.20 Å². The Balaban J connectivity index is 1.34. The van der Waals surface area contributed by atoms with Crippen LogP contribution in [-0.4, -0.2) is 47.5 Å². The molecule has 4 heteroatoms. The SMILES string of the molecule is c1cnc2c(c1)CCC2S[C@@H]1CCN(C2CCCOCC2)C1. The molecule has 1 aromatic heterocycles. The summed E-state index contributed by atoms with van der Waals surface area (Å²) in [5.41, 5.74) is 2.85. The molecule has 0 radical (unpaired) electrons. The summed E-state index contributed by atoms with van der Waals surface area (Å²) in [6.07, 6.45) is 9.60. The van der Waals surface area contributed by atoms with Gasteiger partial charge < -0.3 is 4.74 Å². The maximum atomic E-state index is 5.62. The van der Waals surface area contributed by atoms with Crippen molar-refractivity contribution in [2.75, 3.05) is 26.3 Å². The Morgan fingerprint density at radius 1 is 1.18 bits per heavy atom. The first-order chi connectivity index (χ1) is 10.9. The van der Waals surface area contributed by atoms with Crippen molar-refractivity contribution in [1.82, 2.24) is 9.88 Å². The van der Waals surface area contributed by atoms with Gasteiger partial charge in [0, 0.05) is 42.5 Å². The van der Waals surface area contributed by atoms with Gasteiger partial charge in [-0.05, 0) is 56.7 Å². The van der Waals surface area contributed by atoms with Crippen molar-refractivity contribution in [3.63, 3.8) is 0 Å². The van der Waals surface area contributed by atoms with Crippen molar-refractivity contribution in [3.05, 3.63) is 29.6 Å². The molecular formula is C18H26N2OS. The van der Waals surface area contributed by atoms with Crippen LogP contribution in [-0.2, 0) is 11.2 Å². The van der Waals surface area contributed by atoms with Gasteiger partial charge in [0.1, 0.15) is 0 Å². The van der Waals surface area contributed by atoms with Gasteiger partial charge in [-0.3, -0.25) is 9.88 Å². The number of nitrogens with zero attached hydrogens (tertiary/aromatic N) is 2. The van der Waals surface area contributed by atoms with Crippen LogP contribution in [0.4, 0.5) is 0 Å². The smallest absolute Gasteiger partial charge is 0.0565 e. The summed E-state index contributed by atoms with van der Waals surface area (Å²) in [7, 11) is 0. The van der Waals surface area contributed by atoms with E-state index in [1.54, 1.807) is 0 Å². The van der Waals surface area contributed by atoms with E-state index in [-0.39, 0.29) is 0 Å². The van der Waals surface area contributed by atoms with E-state index in [4.69, 9.17) is 4.74 Å². The number of thioether (sulfide) groups is 1. The van der Waals surface area contributed by atoms with Crippen molar-refractivity contribution in [1.29, 1.82) is 0 Å². The van der Waals surface area contributed by atoms with Gasteiger partial charge in [-0.15, -0.1) is 11.8 Å². The number of ether oxygens (including phenoxy) is 1. The molecule has 0 bridgehead atoms. The summed E-state index contributed by atoms with van der Waals surface area (Å²) in [4.78, 5) is 7.39. The predicted molar refractivity (Wildman–Crippen MR) is 91.3 cm³/mol. The van der Waals surface area contributed by atoms with Crippen molar-refractivity contribution in [3.8, 4) is 0 Å². The molecule has 22 heavy (non-hydrogen) atoms. The van der Waals surface area contributed by atoms with Crippen LogP contribution in [0.3, 0.4) is 0 Å². The number of pyridine rings is 1. The fourth-order valence-electron chi connectivity index (χ4n) is 4.19. The molecule has 3 atom stereocenters. The summed E-state index contributed by atoms with van der Waals surface area (Å²) >= 11 is 2.20. The molecule has 4 rings (SSSR count). The number of fused-ring (bicyclic) bond motifs is 1. The average molecular weight is 318 g/mol. The Kier molecular flexibility index (Phi) is 4.69. The fraction of sp³-hybridized carbons (Fsp3) is 0.722. The minimum Gasteiger partial charge on any atom is -0.381 e. The lowest BCUT2D eigenvalue weighted by Crippen LogP contribution is -2.34. The number of aromatic nitrogens is 1. The molecule has 0 aromatic carbocycles. The van der Waals surface area contributed by atoms with E-state index in [2.05, 4.69) is 33.8 Å². The van der Waals surface area contributed by atoms with Crippen molar-refractivity contribution >= 4 is 11.8 Å². The van der Waals surface area contributed by atoms with E-state index in [1.165, 1.54) is 62.9 Å². The summed E-state index contributed by atoms with van der Waals surface area (Å²) in [5, 5.41) is 1.43. The molecule has 0 saturated carbocycles. The second-order valence-electron chi connectivity index (χ2n) is 6.81. The Bertz CT molecular complexity index is 502. The van der Waals surface area contributed by atoms with Crippen LogP contribution in [0.5, 0.6) is 0 Å². The minimum atomic E-state index is 0.638. The standard InChI is InChI=1S/C18H26N2OS/c1-3-14-5-6-17(18(14)19-9-1)22-16-7-10-20(13-16)15-4-2-11-21-12-8-15/h1,3,9,15-17H,2,4-8,10-13H2/t15?,16-,17?/m1/s1. The molecule has 1 aromatic rings. The molecule has 2 unspecified atom stereocenters. The van der Waals surface area contributed by atoms with Gasteiger partial charge in [-0.2, -0.15) is 0 Å². The van der Waals surface area contributed by atoms with Gasteiger partial charge in [-0.1, -0.05) is 6.07 Å². The van der Waals surface area contributed by atoms with E-state index in [0.29, 0.717) is 5.25 Å². The number of likely N-dealkylation sites (tertiary alicyclic amines) is 1. The molecule has 2 fully saturated rings. The van der Waals surface area contributed by atoms with Crippen molar-refractivity contribution in [2.24, 2.45) is 0 Å². The minimum absolute atomic E-state index is 0.638. The second-order valence-corrected chi connectivity index (χ2v) is 8.32. The Morgan fingerprint density at radius 2 is 2.18 bits per heavy atom.